The van der Waals surface area contributed by atoms with Crippen molar-refractivity contribution in [3.8, 4) is 6.07 Å². The average Bonchev–Trinajstić information content (AvgIpc) is 2.93. The molecule has 3 heteroatoms. The first-order valence-electron chi connectivity index (χ1n) is 6.35. The molecule has 1 aromatic carbocycles. The summed E-state index contributed by atoms with van der Waals surface area (Å²) < 4.78 is 0. The summed E-state index contributed by atoms with van der Waals surface area (Å²) >= 11 is 1.80. The van der Waals surface area contributed by atoms with Crippen molar-refractivity contribution < 1.29 is 0 Å². The molecule has 0 spiro atoms. The van der Waals surface area contributed by atoms with Crippen molar-refractivity contribution in [3.05, 3.63) is 57.8 Å². The summed E-state index contributed by atoms with van der Waals surface area (Å²) in [7, 11) is 0. The Labute approximate surface area is 118 Å². The van der Waals surface area contributed by atoms with Crippen LogP contribution in [0, 0.1) is 11.3 Å². The van der Waals surface area contributed by atoms with Crippen LogP contribution in [-0.2, 0) is 12.0 Å². The Hall–Kier alpha value is -1.63. The van der Waals surface area contributed by atoms with Gasteiger partial charge in [0.05, 0.1) is 11.6 Å². The van der Waals surface area contributed by atoms with Gasteiger partial charge in [0.2, 0.25) is 0 Å². The second-order valence-electron chi connectivity index (χ2n) is 5.28. The molecular weight excluding hydrogens is 252 g/mol. The maximum absolute atomic E-state index is 8.87. The number of rotatable bonds is 5. The Morgan fingerprint density at radius 3 is 2.79 bits per heavy atom. The monoisotopic (exact) mass is 270 g/mol. The highest BCUT2D eigenvalue weighted by molar-refractivity contribution is 7.10. The van der Waals surface area contributed by atoms with E-state index in [1.165, 1.54) is 4.88 Å². The third kappa shape index (κ3) is 3.66. The molecule has 19 heavy (non-hydrogen) atoms. The standard InChI is InChI=1S/C16H18N2S/c1-16(2,15-7-4-8-19-15)12-18-11-14-6-3-5-13(9-14)10-17/h3-9,18H,11-12H2,1-2H3. The fourth-order valence-corrected chi connectivity index (χ4v) is 2.87. The molecule has 0 amide bonds. The molecule has 0 radical (unpaired) electrons. The first kappa shape index (κ1) is 13.8. The fourth-order valence-electron chi connectivity index (χ4n) is 2.02. The van der Waals surface area contributed by atoms with Crippen LogP contribution in [0.3, 0.4) is 0 Å². The summed E-state index contributed by atoms with van der Waals surface area (Å²) in [6.45, 7) is 6.21. The summed E-state index contributed by atoms with van der Waals surface area (Å²) in [5.74, 6) is 0. The summed E-state index contributed by atoms with van der Waals surface area (Å²) in [5.41, 5.74) is 2.01. The molecule has 0 bridgehead atoms. The van der Waals surface area contributed by atoms with Gasteiger partial charge in [0.25, 0.3) is 0 Å². The molecule has 98 valence electrons. The average molecular weight is 270 g/mol. The molecule has 1 aromatic heterocycles. The third-order valence-electron chi connectivity index (χ3n) is 3.14. The molecule has 0 fully saturated rings. The smallest absolute Gasteiger partial charge is 0.0991 e. The Balaban J connectivity index is 1.91. The van der Waals surface area contributed by atoms with Crippen LogP contribution in [0.15, 0.2) is 41.8 Å². The van der Waals surface area contributed by atoms with Gasteiger partial charge in [-0.25, -0.2) is 0 Å². The lowest BCUT2D eigenvalue weighted by molar-refractivity contribution is 0.477. The Kier molecular flexibility index (Phi) is 4.36. The van der Waals surface area contributed by atoms with Crippen LogP contribution in [0.4, 0.5) is 0 Å². The molecule has 2 rings (SSSR count). The number of nitrogens with one attached hydrogen (secondary N) is 1. The van der Waals surface area contributed by atoms with Crippen molar-refractivity contribution in [3.63, 3.8) is 0 Å². The van der Waals surface area contributed by atoms with Gasteiger partial charge in [0.15, 0.2) is 0 Å². The zero-order chi connectivity index (χ0) is 13.7. The summed E-state index contributed by atoms with van der Waals surface area (Å²) in [6, 6.07) is 14.2. The number of hydrogen-bond donors (Lipinski definition) is 1. The summed E-state index contributed by atoms with van der Waals surface area (Å²) in [4.78, 5) is 1.39. The quantitative estimate of drug-likeness (QED) is 0.899. The first-order chi connectivity index (χ1) is 9.12. The van der Waals surface area contributed by atoms with Crippen LogP contribution in [-0.4, -0.2) is 6.54 Å². The van der Waals surface area contributed by atoms with Crippen molar-refractivity contribution in [1.82, 2.24) is 5.32 Å². The lowest BCUT2D eigenvalue weighted by atomic mass is 9.91. The second kappa shape index (κ2) is 6.01. The van der Waals surface area contributed by atoms with Crippen LogP contribution in [0.2, 0.25) is 0 Å². The van der Waals surface area contributed by atoms with Crippen molar-refractivity contribution >= 4 is 11.3 Å². The minimum Gasteiger partial charge on any atom is -0.312 e. The van der Waals surface area contributed by atoms with E-state index in [2.05, 4.69) is 42.7 Å². The molecule has 1 N–H and O–H groups in total. The van der Waals surface area contributed by atoms with Gasteiger partial charge in [-0.1, -0.05) is 32.0 Å². The lowest BCUT2D eigenvalue weighted by Gasteiger charge is -2.23. The molecule has 0 saturated carbocycles. The Bertz CT molecular complexity index is 565. The van der Waals surface area contributed by atoms with Gasteiger partial charge in [-0.05, 0) is 29.1 Å². The number of nitriles is 1. The van der Waals surface area contributed by atoms with Gasteiger partial charge in [-0.3, -0.25) is 0 Å². The molecule has 1 heterocycles. The van der Waals surface area contributed by atoms with E-state index in [1.807, 2.05) is 24.3 Å². The predicted octanol–water partition coefficient (Wildman–Crippen LogP) is 3.69. The minimum atomic E-state index is 0.140. The molecular formula is C16H18N2S. The summed E-state index contributed by atoms with van der Waals surface area (Å²) in [6.07, 6.45) is 0. The Morgan fingerprint density at radius 1 is 1.26 bits per heavy atom. The van der Waals surface area contributed by atoms with E-state index >= 15 is 0 Å². The van der Waals surface area contributed by atoms with Crippen molar-refractivity contribution in [2.24, 2.45) is 0 Å². The minimum absolute atomic E-state index is 0.140. The van der Waals surface area contributed by atoms with Crippen molar-refractivity contribution in [2.45, 2.75) is 25.8 Å². The lowest BCUT2D eigenvalue weighted by Crippen LogP contribution is -2.31. The molecule has 0 aliphatic heterocycles. The van der Waals surface area contributed by atoms with Crippen LogP contribution in [0.25, 0.3) is 0 Å². The van der Waals surface area contributed by atoms with E-state index in [0.717, 1.165) is 24.2 Å². The van der Waals surface area contributed by atoms with Crippen LogP contribution in [0.5, 0.6) is 0 Å². The van der Waals surface area contributed by atoms with E-state index in [0.29, 0.717) is 0 Å². The molecule has 0 unspecified atom stereocenters. The highest BCUT2D eigenvalue weighted by atomic mass is 32.1. The highest BCUT2D eigenvalue weighted by Crippen LogP contribution is 2.26. The number of hydrogen-bond acceptors (Lipinski definition) is 3. The number of thiophene rings is 1. The van der Waals surface area contributed by atoms with E-state index < -0.39 is 0 Å². The van der Waals surface area contributed by atoms with Gasteiger partial charge in [0.1, 0.15) is 0 Å². The van der Waals surface area contributed by atoms with Crippen molar-refractivity contribution in [1.29, 1.82) is 5.26 Å². The molecule has 2 nitrogen and oxygen atoms in total. The van der Waals surface area contributed by atoms with Gasteiger partial charge >= 0.3 is 0 Å². The van der Waals surface area contributed by atoms with Crippen molar-refractivity contribution in [2.75, 3.05) is 6.54 Å². The van der Waals surface area contributed by atoms with E-state index in [4.69, 9.17) is 5.26 Å². The highest BCUT2D eigenvalue weighted by Gasteiger charge is 2.20. The van der Waals surface area contributed by atoms with Crippen LogP contribution < -0.4 is 5.32 Å². The van der Waals surface area contributed by atoms with E-state index in [-0.39, 0.29) is 5.41 Å². The third-order valence-corrected chi connectivity index (χ3v) is 4.38. The van der Waals surface area contributed by atoms with Crippen LogP contribution in [0.1, 0.15) is 29.9 Å². The number of nitrogens with zero attached hydrogens (tertiary/aromatic N) is 1. The zero-order valence-electron chi connectivity index (χ0n) is 11.3. The van der Waals surface area contributed by atoms with Crippen LogP contribution >= 0.6 is 11.3 Å². The Morgan fingerprint density at radius 2 is 2.11 bits per heavy atom. The largest absolute Gasteiger partial charge is 0.312 e. The molecule has 0 aliphatic rings. The van der Waals surface area contributed by atoms with Gasteiger partial charge in [0, 0.05) is 23.4 Å². The topological polar surface area (TPSA) is 35.8 Å². The fraction of sp³-hybridized carbons (Fsp3) is 0.312. The first-order valence-corrected chi connectivity index (χ1v) is 7.23. The maximum atomic E-state index is 8.87. The normalized spacial score (nSPS) is 11.2. The number of benzene rings is 1. The SMILES string of the molecule is CC(C)(CNCc1cccc(C#N)c1)c1cccs1. The van der Waals surface area contributed by atoms with Gasteiger partial charge in [-0.15, -0.1) is 11.3 Å². The molecule has 2 aromatic rings. The second-order valence-corrected chi connectivity index (χ2v) is 6.22. The molecule has 0 aliphatic carbocycles. The summed E-state index contributed by atoms with van der Waals surface area (Å²) in [5, 5.41) is 14.5. The van der Waals surface area contributed by atoms with Gasteiger partial charge in [-0.2, -0.15) is 5.26 Å². The molecule has 0 saturated heterocycles. The van der Waals surface area contributed by atoms with E-state index in [1.54, 1.807) is 11.3 Å². The van der Waals surface area contributed by atoms with E-state index in [9.17, 15) is 0 Å². The maximum Gasteiger partial charge on any atom is 0.0991 e. The predicted molar refractivity (Wildman–Crippen MR) is 80.2 cm³/mol. The van der Waals surface area contributed by atoms with Gasteiger partial charge < -0.3 is 5.32 Å². The molecule has 0 atom stereocenters. The zero-order valence-corrected chi connectivity index (χ0v) is 12.1.